The van der Waals surface area contributed by atoms with Crippen molar-refractivity contribution >= 4 is 28.6 Å². The third-order valence-corrected chi connectivity index (χ3v) is 5.89. The van der Waals surface area contributed by atoms with Crippen molar-refractivity contribution in [2.45, 2.75) is 32.6 Å². The number of aryl methyl sites for hydroxylation is 2. The highest BCUT2D eigenvalue weighted by Gasteiger charge is 2.27. The van der Waals surface area contributed by atoms with Gasteiger partial charge in [0, 0.05) is 6.42 Å². The monoisotopic (exact) mass is 516 g/mol. The SMILES string of the molecule is [C-]#[N+]c1nc(Cc2cc(Nc3cccc(-c4nnn(C)n4)c3OC)c3c(n2)CC(C(F)F)=N3)cnc1CC. The van der Waals surface area contributed by atoms with Crippen LogP contribution in [0.3, 0.4) is 0 Å². The van der Waals surface area contributed by atoms with Crippen molar-refractivity contribution in [3.05, 3.63) is 64.7 Å². The van der Waals surface area contributed by atoms with Gasteiger partial charge in [-0.2, -0.15) is 4.80 Å². The first kappa shape index (κ1) is 24.8. The molecule has 4 aromatic rings. The molecule has 5 rings (SSSR count). The molecule has 192 valence electrons. The Bertz CT molecular complexity index is 1590. The summed E-state index contributed by atoms with van der Waals surface area (Å²) in [5, 5.41) is 15.5. The minimum Gasteiger partial charge on any atom is -0.494 e. The highest BCUT2D eigenvalue weighted by Crippen LogP contribution is 2.41. The molecule has 1 N–H and O–H groups in total. The van der Waals surface area contributed by atoms with Gasteiger partial charge < -0.3 is 14.9 Å². The van der Waals surface area contributed by atoms with Crippen LogP contribution >= 0.6 is 0 Å². The lowest BCUT2D eigenvalue weighted by atomic mass is 10.1. The first-order valence-electron chi connectivity index (χ1n) is 11.7. The molecular weight excluding hydrogens is 494 g/mol. The van der Waals surface area contributed by atoms with Crippen LogP contribution in [-0.2, 0) is 26.3 Å². The lowest BCUT2D eigenvalue weighted by Crippen LogP contribution is -2.10. The molecule has 0 atom stereocenters. The second-order valence-corrected chi connectivity index (χ2v) is 8.42. The van der Waals surface area contributed by atoms with Crippen molar-refractivity contribution in [1.29, 1.82) is 0 Å². The van der Waals surface area contributed by atoms with Crippen molar-refractivity contribution in [3.63, 3.8) is 0 Å². The maximum absolute atomic E-state index is 13.6. The van der Waals surface area contributed by atoms with Crippen LogP contribution in [0.5, 0.6) is 5.75 Å². The van der Waals surface area contributed by atoms with Gasteiger partial charge in [-0.15, -0.1) is 15.2 Å². The molecule has 0 radical (unpaired) electrons. The Balaban J connectivity index is 1.56. The van der Waals surface area contributed by atoms with Gasteiger partial charge >= 0.3 is 0 Å². The normalized spacial score (nSPS) is 12.3. The number of aliphatic imine (C=N–C) groups is 1. The van der Waals surface area contributed by atoms with E-state index in [1.807, 2.05) is 6.92 Å². The number of nitrogens with one attached hydrogen (secondary N) is 1. The Hall–Kier alpha value is -4.86. The number of rotatable bonds is 8. The van der Waals surface area contributed by atoms with Gasteiger partial charge in [0.2, 0.25) is 5.82 Å². The molecule has 0 spiro atoms. The Morgan fingerprint density at radius 1 is 1.21 bits per heavy atom. The Labute approximate surface area is 216 Å². The lowest BCUT2D eigenvalue weighted by molar-refractivity contribution is 0.224. The van der Waals surface area contributed by atoms with Crippen molar-refractivity contribution in [2.24, 2.45) is 12.0 Å². The molecule has 0 aliphatic carbocycles. The number of nitrogens with zero attached hydrogens (tertiary/aromatic N) is 9. The summed E-state index contributed by atoms with van der Waals surface area (Å²) in [7, 11) is 3.18. The molecule has 3 aromatic heterocycles. The topological polar surface area (TPSA) is 120 Å². The lowest BCUT2D eigenvalue weighted by Gasteiger charge is -2.16. The van der Waals surface area contributed by atoms with E-state index in [-0.39, 0.29) is 24.4 Å². The van der Waals surface area contributed by atoms with E-state index in [0.29, 0.717) is 63.4 Å². The van der Waals surface area contributed by atoms with E-state index < -0.39 is 6.43 Å². The number of pyridine rings is 1. The van der Waals surface area contributed by atoms with E-state index in [4.69, 9.17) is 11.3 Å². The molecule has 0 saturated heterocycles. The van der Waals surface area contributed by atoms with Crippen molar-refractivity contribution < 1.29 is 13.5 Å². The van der Waals surface area contributed by atoms with E-state index in [9.17, 15) is 8.78 Å². The molecule has 1 aliphatic heterocycles. The zero-order chi connectivity index (χ0) is 26.8. The molecule has 11 nitrogen and oxygen atoms in total. The van der Waals surface area contributed by atoms with Gasteiger partial charge in [0.1, 0.15) is 5.69 Å². The van der Waals surface area contributed by atoms with E-state index in [2.05, 4.69) is 45.5 Å². The van der Waals surface area contributed by atoms with Gasteiger partial charge in [-0.25, -0.2) is 13.8 Å². The molecule has 0 saturated carbocycles. The summed E-state index contributed by atoms with van der Waals surface area (Å²) < 4.78 is 32.8. The second-order valence-electron chi connectivity index (χ2n) is 8.42. The van der Waals surface area contributed by atoms with Gasteiger partial charge in [0.25, 0.3) is 12.2 Å². The molecule has 1 aliphatic rings. The summed E-state index contributed by atoms with van der Waals surface area (Å²) in [5.41, 5.74) is 3.88. The number of anilines is 2. The van der Waals surface area contributed by atoms with E-state index in [0.717, 1.165) is 0 Å². The van der Waals surface area contributed by atoms with Crippen LogP contribution in [0.25, 0.3) is 16.2 Å². The third-order valence-electron chi connectivity index (χ3n) is 5.89. The summed E-state index contributed by atoms with van der Waals surface area (Å²) in [5.74, 6) is 1.06. The Morgan fingerprint density at radius 2 is 2.05 bits per heavy atom. The predicted molar refractivity (Wildman–Crippen MR) is 136 cm³/mol. The zero-order valence-electron chi connectivity index (χ0n) is 20.8. The minimum atomic E-state index is -2.70. The first-order valence-corrected chi connectivity index (χ1v) is 11.7. The Kier molecular flexibility index (Phi) is 6.69. The summed E-state index contributed by atoms with van der Waals surface area (Å²) in [4.78, 5) is 22.3. The molecule has 0 fully saturated rings. The molecule has 4 heterocycles. The van der Waals surface area contributed by atoms with E-state index >= 15 is 0 Å². The summed E-state index contributed by atoms with van der Waals surface area (Å²) >= 11 is 0. The quantitative estimate of drug-likeness (QED) is 0.342. The van der Waals surface area contributed by atoms with Crippen LogP contribution < -0.4 is 10.1 Å². The summed E-state index contributed by atoms with van der Waals surface area (Å²) in [6.45, 7) is 9.30. The van der Waals surface area contributed by atoms with Gasteiger partial charge in [0.05, 0.1) is 66.5 Å². The number of para-hydroxylation sites is 1. The fourth-order valence-corrected chi connectivity index (χ4v) is 4.18. The average molecular weight is 517 g/mol. The van der Waals surface area contributed by atoms with Crippen molar-refractivity contribution in [2.75, 3.05) is 12.4 Å². The van der Waals surface area contributed by atoms with Gasteiger partial charge in [0.15, 0.2) is 11.4 Å². The molecular formula is C25H22F2N10O. The standard InChI is InChI=1S/C25H22F2N10O/c1-5-16-25(28-2)31-14(12-29-16)9-13-10-18(21-19(30-13)11-20(33-21)23(26)27)32-17-8-6-7-15(22(17)38-4)24-34-36-37(3)35-24/h6-8,10,12,23H,5,9,11H2,1,3-4H3,(H,30,32). The molecule has 13 heteroatoms. The molecule has 38 heavy (non-hydrogen) atoms. The fraction of sp³-hybridized carbons (Fsp3) is 0.280. The van der Waals surface area contributed by atoms with Crippen LogP contribution in [0, 0.1) is 6.57 Å². The number of fused-ring (bicyclic) bond motifs is 1. The average Bonchev–Trinajstić information content (AvgIpc) is 3.55. The zero-order valence-corrected chi connectivity index (χ0v) is 20.8. The molecule has 0 bridgehead atoms. The maximum atomic E-state index is 13.6. The summed E-state index contributed by atoms with van der Waals surface area (Å²) in [6, 6.07) is 7.11. The van der Waals surface area contributed by atoms with Gasteiger partial charge in [-0.05, 0) is 29.8 Å². The summed E-state index contributed by atoms with van der Waals surface area (Å²) in [6.07, 6.45) is -0.308. The largest absolute Gasteiger partial charge is 0.494 e. The van der Waals surface area contributed by atoms with Crippen molar-refractivity contribution in [1.82, 2.24) is 35.2 Å². The number of aromatic nitrogens is 7. The molecule has 1 aromatic carbocycles. The molecule has 0 unspecified atom stereocenters. The van der Waals surface area contributed by atoms with Gasteiger partial charge in [-0.1, -0.05) is 19.6 Å². The number of halogens is 2. The maximum Gasteiger partial charge on any atom is 0.291 e. The van der Waals surface area contributed by atoms with Crippen molar-refractivity contribution in [3.8, 4) is 17.1 Å². The van der Waals surface area contributed by atoms with Crippen LogP contribution in [0.2, 0.25) is 0 Å². The van der Waals surface area contributed by atoms with Crippen LogP contribution in [0.4, 0.5) is 31.7 Å². The number of benzene rings is 1. The second kappa shape index (κ2) is 10.3. The van der Waals surface area contributed by atoms with Crippen LogP contribution in [0.15, 0.2) is 35.5 Å². The number of alkyl halides is 2. The third kappa shape index (κ3) is 4.75. The first-order chi connectivity index (χ1) is 18.4. The minimum absolute atomic E-state index is 0.0655. The van der Waals surface area contributed by atoms with E-state index in [1.165, 1.54) is 11.9 Å². The number of tetrazole rings is 1. The van der Waals surface area contributed by atoms with E-state index in [1.54, 1.807) is 37.5 Å². The number of hydrogen-bond donors (Lipinski definition) is 1. The smallest absolute Gasteiger partial charge is 0.291 e. The van der Waals surface area contributed by atoms with Crippen LogP contribution in [-0.4, -0.2) is 54.4 Å². The Morgan fingerprint density at radius 3 is 2.74 bits per heavy atom. The predicted octanol–water partition coefficient (Wildman–Crippen LogP) is 4.41. The fourth-order valence-electron chi connectivity index (χ4n) is 4.18. The van der Waals surface area contributed by atoms with Gasteiger partial charge in [-0.3, -0.25) is 9.97 Å². The number of ether oxygens (including phenoxy) is 1. The highest BCUT2D eigenvalue weighted by molar-refractivity contribution is 5.98. The van der Waals surface area contributed by atoms with Crippen LogP contribution in [0.1, 0.15) is 29.7 Å². The number of methoxy groups -OCH3 is 1. The number of hydrogen-bond acceptors (Lipinski definition) is 9. The molecule has 0 amide bonds. The highest BCUT2D eigenvalue weighted by atomic mass is 19.3.